The van der Waals surface area contributed by atoms with E-state index in [1.807, 2.05) is 0 Å². The van der Waals surface area contributed by atoms with Gasteiger partial charge in [0.1, 0.15) is 5.76 Å². The van der Waals surface area contributed by atoms with E-state index >= 15 is 0 Å². The first-order chi connectivity index (χ1) is 11.9. The van der Waals surface area contributed by atoms with Crippen LogP contribution in [-0.2, 0) is 14.3 Å². The molecule has 0 aliphatic carbocycles. The van der Waals surface area contributed by atoms with Crippen LogP contribution in [0.4, 0.5) is 5.69 Å². The van der Waals surface area contributed by atoms with Crippen molar-refractivity contribution in [2.75, 3.05) is 0 Å². The van der Waals surface area contributed by atoms with Gasteiger partial charge in [-0.05, 0) is 42.0 Å². The van der Waals surface area contributed by atoms with Gasteiger partial charge in [0.15, 0.2) is 6.10 Å². The molecule has 126 valence electrons. The zero-order valence-electron chi connectivity index (χ0n) is 12.5. The van der Waals surface area contributed by atoms with E-state index in [0.29, 0.717) is 10.6 Å². The lowest BCUT2D eigenvalue weighted by molar-refractivity contribution is -0.384. The van der Waals surface area contributed by atoms with Gasteiger partial charge in [0.05, 0.1) is 10.5 Å². The Morgan fingerprint density at radius 2 is 1.68 bits per heavy atom. The third kappa shape index (κ3) is 3.09. The quantitative estimate of drug-likeness (QED) is 0.225. The average molecular weight is 360 g/mol. The van der Waals surface area contributed by atoms with E-state index in [-0.39, 0.29) is 16.8 Å². The normalized spacial score (nSPS) is 18.8. The van der Waals surface area contributed by atoms with Gasteiger partial charge in [0.2, 0.25) is 0 Å². The van der Waals surface area contributed by atoms with Gasteiger partial charge in [-0.3, -0.25) is 14.9 Å². The Bertz CT molecular complexity index is 902. The number of ketones is 1. The molecular formula is C17H10ClNO6. The maximum Gasteiger partial charge on any atom is 0.380 e. The Morgan fingerprint density at radius 1 is 1.08 bits per heavy atom. The van der Waals surface area contributed by atoms with Crippen LogP contribution in [0, 0.1) is 10.1 Å². The van der Waals surface area contributed by atoms with Crippen LogP contribution in [0.2, 0.25) is 5.02 Å². The van der Waals surface area contributed by atoms with Crippen molar-refractivity contribution in [3.63, 3.8) is 0 Å². The number of ether oxygens (including phenoxy) is 1. The third-order valence-electron chi connectivity index (χ3n) is 3.70. The largest absolute Gasteiger partial charge is 0.507 e. The number of hydrogen-bond donors (Lipinski definition) is 1. The van der Waals surface area contributed by atoms with Crippen LogP contribution in [0.15, 0.2) is 54.1 Å². The van der Waals surface area contributed by atoms with Crippen LogP contribution in [0.5, 0.6) is 0 Å². The number of carbonyl (C=O) groups is 2. The molecule has 7 nitrogen and oxygen atoms in total. The topological polar surface area (TPSA) is 107 Å². The van der Waals surface area contributed by atoms with Crippen LogP contribution >= 0.6 is 11.6 Å². The Balaban J connectivity index is 2.07. The SMILES string of the molecule is O=C1O[C@@H](c2ccc([N+](=O)[O-])cc2)C(=C(O)c2ccc(Cl)cc2)C1=O. The lowest BCUT2D eigenvalue weighted by Crippen LogP contribution is -2.08. The highest BCUT2D eigenvalue weighted by Crippen LogP contribution is 2.37. The monoisotopic (exact) mass is 359 g/mol. The standard InChI is InChI=1S/C17H10ClNO6/c18-11-5-1-9(2-6-11)14(20)13-15(21)17(22)25-16(13)10-3-7-12(8-4-10)19(23)24/h1-8,16,20H/t16-/m0/s1. The third-order valence-corrected chi connectivity index (χ3v) is 3.95. The Labute approximate surface area is 146 Å². The number of carbonyl (C=O) groups excluding carboxylic acids is 2. The molecule has 0 bridgehead atoms. The molecular weight excluding hydrogens is 350 g/mol. The van der Waals surface area contributed by atoms with E-state index in [0.717, 1.165) is 0 Å². The molecule has 1 fully saturated rings. The first-order valence-electron chi connectivity index (χ1n) is 7.07. The summed E-state index contributed by atoms with van der Waals surface area (Å²) in [7, 11) is 0. The van der Waals surface area contributed by atoms with E-state index < -0.39 is 28.5 Å². The molecule has 8 heteroatoms. The fourth-order valence-corrected chi connectivity index (χ4v) is 2.58. The second kappa shape index (κ2) is 6.37. The fourth-order valence-electron chi connectivity index (χ4n) is 2.45. The first-order valence-corrected chi connectivity index (χ1v) is 7.45. The van der Waals surface area contributed by atoms with E-state index in [4.69, 9.17) is 16.3 Å². The fraction of sp³-hybridized carbons (Fsp3) is 0.0588. The summed E-state index contributed by atoms with van der Waals surface area (Å²) < 4.78 is 5.04. The zero-order chi connectivity index (χ0) is 18.1. The maximum absolute atomic E-state index is 12.1. The summed E-state index contributed by atoms with van der Waals surface area (Å²) in [6.07, 6.45) is -1.14. The summed E-state index contributed by atoms with van der Waals surface area (Å²) in [4.78, 5) is 34.0. The number of benzene rings is 2. The molecule has 3 rings (SSSR count). The molecule has 0 saturated carbocycles. The lowest BCUT2D eigenvalue weighted by Gasteiger charge is -2.12. The highest BCUT2D eigenvalue weighted by molar-refractivity contribution is 6.44. The number of hydrogen-bond acceptors (Lipinski definition) is 6. The maximum atomic E-state index is 12.1. The van der Waals surface area contributed by atoms with Crippen LogP contribution in [-0.4, -0.2) is 21.8 Å². The predicted octanol–water partition coefficient (Wildman–Crippen LogP) is 3.38. The average Bonchev–Trinajstić information content (AvgIpc) is 2.90. The molecule has 0 radical (unpaired) electrons. The van der Waals surface area contributed by atoms with E-state index in [1.54, 1.807) is 0 Å². The van der Waals surface area contributed by atoms with Gasteiger partial charge in [0.25, 0.3) is 11.5 Å². The van der Waals surface area contributed by atoms with Crippen molar-refractivity contribution in [3.8, 4) is 0 Å². The van der Waals surface area contributed by atoms with E-state index in [1.165, 1.54) is 48.5 Å². The van der Waals surface area contributed by atoms with Gasteiger partial charge in [-0.15, -0.1) is 0 Å². The van der Waals surface area contributed by atoms with E-state index in [2.05, 4.69) is 0 Å². The number of halogens is 1. The number of aliphatic hydroxyl groups excluding tert-OH is 1. The number of esters is 1. The molecule has 1 aliphatic rings. The van der Waals surface area contributed by atoms with Crippen molar-refractivity contribution in [2.24, 2.45) is 0 Å². The van der Waals surface area contributed by atoms with Crippen molar-refractivity contribution in [3.05, 3.63) is 80.4 Å². The second-order valence-electron chi connectivity index (χ2n) is 5.23. The molecule has 1 aliphatic heterocycles. The van der Waals surface area contributed by atoms with Crippen molar-refractivity contribution in [1.82, 2.24) is 0 Å². The summed E-state index contributed by atoms with van der Waals surface area (Å²) in [5.41, 5.74) is 0.256. The molecule has 1 heterocycles. The Morgan fingerprint density at radius 3 is 2.24 bits per heavy atom. The highest BCUT2D eigenvalue weighted by Gasteiger charge is 2.42. The van der Waals surface area contributed by atoms with Gasteiger partial charge >= 0.3 is 5.97 Å². The number of Topliss-reactive ketones (excluding diaryl/α,β-unsaturated/α-hetero) is 1. The van der Waals surface area contributed by atoms with Gasteiger partial charge in [-0.25, -0.2) is 4.79 Å². The number of nitro benzene ring substituents is 1. The molecule has 1 N–H and O–H groups in total. The van der Waals surface area contributed by atoms with Crippen LogP contribution in [0.1, 0.15) is 17.2 Å². The van der Waals surface area contributed by atoms with Crippen molar-refractivity contribution >= 4 is 34.8 Å². The number of cyclic esters (lactones) is 1. The number of non-ortho nitro benzene ring substituents is 1. The minimum Gasteiger partial charge on any atom is -0.507 e. The summed E-state index contributed by atoms with van der Waals surface area (Å²) in [6.45, 7) is 0. The lowest BCUT2D eigenvalue weighted by atomic mass is 9.96. The molecule has 0 aromatic heterocycles. The summed E-state index contributed by atoms with van der Waals surface area (Å²) in [5.74, 6) is -2.47. The number of aliphatic hydroxyl groups is 1. The minimum absolute atomic E-state index is 0.146. The molecule has 1 atom stereocenters. The summed E-state index contributed by atoms with van der Waals surface area (Å²) in [6, 6.07) is 11.2. The summed E-state index contributed by atoms with van der Waals surface area (Å²) >= 11 is 5.79. The molecule has 2 aromatic carbocycles. The molecule has 0 spiro atoms. The van der Waals surface area contributed by atoms with Gasteiger partial charge in [0, 0.05) is 22.7 Å². The van der Waals surface area contributed by atoms with Gasteiger partial charge in [-0.1, -0.05) is 11.6 Å². The molecule has 2 aromatic rings. The van der Waals surface area contributed by atoms with Crippen molar-refractivity contribution in [2.45, 2.75) is 6.10 Å². The second-order valence-corrected chi connectivity index (χ2v) is 5.67. The predicted molar refractivity (Wildman–Crippen MR) is 87.9 cm³/mol. The number of rotatable bonds is 3. The van der Waals surface area contributed by atoms with Crippen molar-refractivity contribution in [1.29, 1.82) is 0 Å². The van der Waals surface area contributed by atoms with Crippen LogP contribution in [0.3, 0.4) is 0 Å². The van der Waals surface area contributed by atoms with Crippen molar-refractivity contribution < 1.29 is 24.4 Å². The van der Waals surface area contributed by atoms with E-state index in [9.17, 15) is 24.8 Å². The molecule has 25 heavy (non-hydrogen) atoms. The van der Waals surface area contributed by atoms with Gasteiger partial charge < -0.3 is 9.84 Å². The smallest absolute Gasteiger partial charge is 0.380 e. The minimum atomic E-state index is -1.14. The van der Waals surface area contributed by atoms with Crippen LogP contribution < -0.4 is 0 Å². The zero-order valence-corrected chi connectivity index (χ0v) is 13.3. The number of nitro groups is 1. The molecule has 0 amide bonds. The summed E-state index contributed by atoms with van der Waals surface area (Å²) in [5, 5.41) is 21.6. The Kier molecular flexibility index (Phi) is 4.24. The number of nitrogens with zero attached hydrogens (tertiary/aromatic N) is 1. The Hall–Kier alpha value is -3.19. The highest BCUT2D eigenvalue weighted by atomic mass is 35.5. The molecule has 0 unspecified atom stereocenters. The van der Waals surface area contributed by atoms with Gasteiger partial charge in [-0.2, -0.15) is 0 Å². The van der Waals surface area contributed by atoms with Crippen LogP contribution in [0.25, 0.3) is 5.76 Å². The first kappa shape index (κ1) is 16.7. The molecule has 1 saturated heterocycles.